The molecule has 2 atom stereocenters. The van der Waals surface area contributed by atoms with Crippen molar-refractivity contribution >= 4 is 24.0 Å². The van der Waals surface area contributed by atoms with Gasteiger partial charge >= 0.3 is 18.1 Å². The summed E-state index contributed by atoms with van der Waals surface area (Å²) in [6, 6.07) is -1.10. The Morgan fingerprint density at radius 2 is 2.12 bits per heavy atom. The largest absolute Gasteiger partial charge is 0.444 e. The lowest BCUT2D eigenvalue weighted by atomic mass is 10.0. The first-order valence-electron chi connectivity index (χ1n) is 8.31. The van der Waals surface area contributed by atoms with Crippen molar-refractivity contribution in [2.24, 2.45) is 4.99 Å². The molecule has 0 aliphatic carbocycles. The van der Waals surface area contributed by atoms with E-state index in [1.165, 1.54) is 4.90 Å². The van der Waals surface area contributed by atoms with Crippen LogP contribution in [0.3, 0.4) is 0 Å². The number of amides is 3. The average molecular weight is 366 g/mol. The van der Waals surface area contributed by atoms with Crippen LogP contribution in [0.2, 0.25) is 0 Å². The molecule has 1 aromatic rings. The third kappa shape index (κ3) is 3.77. The fourth-order valence-electron chi connectivity index (χ4n) is 2.94. The van der Waals surface area contributed by atoms with Gasteiger partial charge in [-0.25, -0.2) is 14.7 Å². The standard InChI is InChI=1S/C15H22N6O5/c1-8(17-13(22)26-15(2,3)4)16-12-19-18-11(25-12)10-6-5-9-7-20(10)14(23)21(9)24/h9-10,24H,5-7H2,1-4H3,(H,16,17,19,22)/t9-,10+/m1/s1. The van der Waals surface area contributed by atoms with Crippen molar-refractivity contribution in [3.05, 3.63) is 5.89 Å². The molecule has 11 heteroatoms. The van der Waals surface area contributed by atoms with Crippen molar-refractivity contribution < 1.29 is 24.0 Å². The van der Waals surface area contributed by atoms with Crippen molar-refractivity contribution in [3.63, 3.8) is 0 Å². The maximum absolute atomic E-state index is 12.0. The van der Waals surface area contributed by atoms with Gasteiger partial charge in [-0.3, -0.25) is 10.5 Å². The summed E-state index contributed by atoms with van der Waals surface area (Å²) in [5.41, 5.74) is -0.621. The molecule has 0 unspecified atom stereocenters. The fraction of sp³-hybridized carbons (Fsp3) is 0.667. The van der Waals surface area contributed by atoms with Crippen LogP contribution in [0.15, 0.2) is 9.41 Å². The van der Waals surface area contributed by atoms with E-state index in [4.69, 9.17) is 9.15 Å². The van der Waals surface area contributed by atoms with Crippen molar-refractivity contribution in [1.29, 1.82) is 0 Å². The molecule has 0 aromatic carbocycles. The highest BCUT2D eigenvalue weighted by atomic mass is 16.6. The van der Waals surface area contributed by atoms with Gasteiger partial charge in [-0.15, -0.1) is 5.10 Å². The molecule has 0 spiro atoms. The van der Waals surface area contributed by atoms with Gasteiger partial charge in [0.25, 0.3) is 0 Å². The Bertz CT molecular complexity index is 739. The summed E-state index contributed by atoms with van der Waals surface area (Å²) < 4.78 is 10.6. The molecule has 1 aromatic heterocycles. The quantitative estimate of drug-likeness (QED) is 0.464. The van der Waals surface area contributed by atoms with E-state index in [0.717, 1.165) is 5.06 Å². The van der Waals surface area contributed by atoms with Crippen LogP contribution in [0, 0.1) is 0 Å². The summed E-state index contributed by atoms with van der Waals surface area (Å²) in [6.45, 7) is 7.24. The number of nitrogens with zero attached hydrogens (tertiary/aromatic N) is 5. The lowest BCUT2D eigenvalue weighted by Gasteiger charge is -2.27. The third-order valence-corrected chi connectivity index (χ3v) is 4.00. The summed E-state index contributed by atoms with van der Waals surface area (Å²) in [4.78, 5) is 29.3. The molecule has 2 saturated heterocycles. The lowest BCUT2D eigenvalue weighted by Crippen LogP contribution is -2.35. The maximum Gasteiger partial charge on any atom is 0.413 e. The Hall–Kier alpha value is -2.69. The van der Waals surface area contributed by atoms with Gasteiger partial charge in [0, 0.05) is 6.54 Å². The second kappa shape index (κ2) is 6.56. The normalized spacial score (nSPS) is 23.4. The predicted molar refractivity (Wildman–Crippen MR) is 87.9 cm³/mol. The molecule has 2 N–H and O–H groups in total. The van der Waals surface area contributed by atoms with Gasteiger partial charge in [-0.1, -0.05) is 5.10 Å². The van der Waals surface area contributed by atoms with Gasteiger partial charge in [0.05, 0.1) is 6.04 Å². The summed E-state index contributed by atoms with van der Waals surface area (Å²) in [5.74, 6) is 0.479. The van der Waals surface area contributed by atoms with E-state index in [0.29, 0.717) is 19.4 Å². The van der Waals surface area contributed by atoms with Crippen LogP contribution in [0.25, 0.3) is 0 Å². The zero-order chi connectivity index (χ0) is 19.1. The van der Waals surface area contributed by atoms with E-state index in [2.05, 4.69) is 20.5 Å². The summed E-state index contributed by atoms with van der Waals surface area (Å²) in [6.07, 6.45) is 0.611. The van der Waals surface area contributed by atoms with Gasteiger partial charge in [-0.2, -0.15) is 4.99 Å². The van der Waals surface area contributed by atoms with Crippen molar-refractivity contribution in [3.8, 4) is 0 Å². The summed E-state index contributed by atoms with van der Waals surface area (Å²) >= 11 is 0. The maximum atomic E-state index is 12.0. The number of nitrogens with one attached hydrogen (secondary N) is 1. The Labute approximate surface area is 150 Å². The number of alkyl carbamates (subject to hydrolysis) is 1. The lowest BCUT2D eigenvalue weighted by molar-refractivity contribution is -0.0584. The van der Waals surface area contributed by atoms with Crippen LogP contribution in [0.4, 0.5) is 15.6 Å². The highest BCUT2D eigenvalue weighted by Crippen LogP contribution is 2.37. The number of ether oxygens (including phenoxy) is 1. The molecule has 2 aliphatic heterocycles. The average Bonchev–Trinajstić information content (AvgIpc) is 3.06. The Kier molecular flexibility index (Phi) is 4.57. The van der Waals surface area contributed by atoms with E-state index in [1.807, 2.05) is 0 Å². The van der Waals surface area contributed by atoms with E-state index < -0.39 is 23.8 Å². The molecule has 11 nitrogen and oxygen atoms in total. The number of hydroxylamine groups is 2. The van der Waals surface area contributed by atoms with Crippen molar-refractivity contribution in [2.75, 3.05) is 6.54 Å². The number of amidine groups is 1. The first-order valence-corrected chi connectivity index (χ1v) is 8.31. The van der Waals surface area contributed by atoms with Crippen LogP contribution in [0.5, 0.6) is 0 Å². The van der Waals surface area contributed by atoms with E-state index in [-0.39, 0.29) is 23.8 Å². The Morgan fingerprint density at radius 1 is 1.38 bits per heavy atom. The number of piperidine rings is 1. The predicted octanol–water partition coefficient (Wildman–Crippen LogP) is 1.97. The van der Waals surface area contributed by atoms with Crippen LogP contribution >= 0.6 is 0 Å². The van der Waals surface area contributed by atoms with E-state index >= 15 is 0 Å². The van der Waals surface area contributed by atoms with Gasteiger partial charge in [0.2, 0.25) is 5.89 Å². The molecule has 2 fully saturated rings. The smallest absolute Gasteiger partial charge is 0.413 e. The third-order valence-electron chi connectivity index (χ3n) is 4.00. The topological polar surface area (TPSA) is 133 Å². The molecule has 0 saturated carbocycles. The molecule has 3 heterocycles. The second-order valence-electron chi connectivity index (χ2n) is 7.27. The molecule has 0 radical (unpaired) electrons. The van der Waals surface area contributed by atoms with Gasteiger partial charge < -0.3 is 14.1 Å². The molecule has 3 amide bonds. The number of hydrogen-bond acceptors (Lipinski definition) is 8. The van der Waals surface area contributed by atoms with Gasteiger partial charge in [0.15, 0.2) is 0 Å². The van der Waals surface area contributed by atoms with Crippen molar-refractivity contribution in [1.82, 2.24) is 25.5 Å². The number of carbonyl (C=O) groups excluding carboxylic acids is 2. The molecule has 142 valence electrons. The number of rotatable bonds is 2. The minimum Gasteiger partial charge on any atom is -0.444 e. The number of aromatic nitrogens is 2. The van der Waals surface area contributed by atoms with Crippen LogP contribution < -0.4 is 5.32 Å². The highest BCUT2D eigenvalue weighted by molar-refractivity contribution is 5.94. The molecule has 26 heavy (non-hydrogen) atoms. The number of urea groups is 1. The molecule has 2 bridgehead atoms. The first-order chi connectivity index (χ1) is 12.1. The minimum absolute atomic E-state index is 0.0387. The van der Waals surface area contributed by atoms with Gasteiger partial charge in [0.1, 0.15) is 17.5 Å². The highest BCUT2D eigenvalue weighted by Gasteiger charge is 2.46. The summed E-state index contributed by atoms with van der Waals surface area (Å²) in [5, 5.41) is 20.7. The molecule has 3 rings (SSSR count). The van der Waals surface area contributed by atoms with Crippen LogP contribution in [0.1, 0.15) is 52.5 Å². The van der Waals surface area contributed by atoms with Crippen LogP contribution in [-0.2, 0) is 4.74 Å². The fourth-order valence-corrected chi connectivity index (χ4v) is 2.94. The number of fused-ring (bicyclic) bond motifs is 2. The number of carbonyl (C=O) groups is 2. The van der Waals surface area contributed by atoms with Gasteiger partial charge in [-0.05, 0) is 40.5 Å². The second-order valence-corrected chi connectivity index (χ2v) is 7.27. The molecule has 2 aliphatic rings. The number of aliphatic imine (C=N–C) groups is 1. The van der Waals surface area contributed by atoms with E-state index in [1.54, 1.807) is 27.7 Å². The zero-order valence-corrected chi connectivity index (χ0v) is 15.1. The Morgan fingerprint density at radius 3 is 2.81 bits per heavy atom. The SMILES string of the molecule is CC(=Nc1nnc([C@@H]2CC[C@@H]3CN2C(=O)N3O)o1)NC(=O)OC(C)(C)C. The minimum atomic E-state index is -0.637. The first kappa shape index (κ1) is 18.1. The van der Waals surface area contributed by atoms with Crippen molar-refractivity contribution in [2.45, 2.75) is 58.2 Å². The summed E-state index contributed by atoms with van der Waals surface area (Å²) in [7, 11) is 0. The van der Waals surface area contributed by atoms with Crippen LogP contribution in [-0.4, -0.2) is 61.5 Å². The monoisotopic (exact) mass is 366 g/mol. The van der Waals surface area contributed by atoms with E-state index in [9.17, 15) is 14.8 Å². The molecular formula is C15H22N6O5. The number of hydrogen-bond donors (Lipinski definition) is 2. The Balaban J connectivity index is 1.66. The molecular weight excluding hydrogens is 344 g/mol. The zero-order valence-electron chi connectivity index (χ0n) is 15.1.